The number of nitrogens with zero attached hydrogens (tertiary/aromatic N) is 1. The molecule has 102 valence electrons. The van der Waals surface area contributed by atoms with Gasteiger partial charge in [-0.15, -0.1) is 0 Å². The molecule has 0 aromatic heterocycles. The molecule has 0 aliphatic heterocycles. The van der Waals surface area contributed by atoms with E-state index in [1.165, 1.54) is 5.57 Å². The summed E-state index contributed by atoms with van der Waals surface area (Å²) in [6, 6.07) is 0. The number of nitrogens with one attached hydrogen (secondary N) is 1. The normalized spacial score (nSPS) is 11.1. The van der Waals surface area contributed by atoms with Crippen LogP contribution in [0.5, 0.6) is 0 Å². The molecule has 4 heteroatoms. The highest BCUT2D eigenvalue weighted by Gasteiger charge is 2.06. The zero-order valence-electron chi connectivity index (χ0n) is 11.6. The van der Waals surface area contributed by atoms with Crippen molar-refractivity contribution in [1.82, 2.24) is 10.2 Å². The molecule has 0 unspecified atom stereocenters. The van der Waals surface area contributed by atoms with Gasteiger partial charge in [-0.05, 0) is 18.5 Å². The molecular formula is C13H28N2O2. The van der Waals surface area contributed by atoms with Crippen molar-refractivity contribution in [1.29, 1.82) is 0 Å². The van der Waals surface area contributed by atoms with Crippen molar-refractivity contribution in [2.75, 3.05) is 60.2 Å². The van der Waals surface area contributed by atoms with E-state index in [1.54, 1.807) is 14.2 Å². The van der Waals surface area contributed by atoms with E-state index in [4.69, 9.17) is 9.47 Å². The van der Waals surface area contributed by atoms with Crippen molar-refractivity contribution in [3.63, 3.8) is 0 Å². The van der Waals surface area contributed by atoms with E-state index < -0.39 is 0 Å². The molecular weight excluding hydrogens is 216 g/mol. The van der Waals surface area contributed by atoms with Crippen LogP contribution >= 0.6 is 0 Å². The van der Waals surface area contributed by atoms with Crippen LogP contribution in [0, 0.1) is 0 Å². The summed E-state index contributed by atoms with van der Waals surface area (Å²) in [5, 5.41) is 3.29. The molecule has 0 aromatic rings. The highest BCUT2D eigenvalue weighted by atomic mass is 16.5. The Balaban J connectivity index is 3.85. The van der Waals surface area contributed by atoms with Gasteiger partial charge in [0.15, 0.2) is 0 Å². The predicted molar refractivity (Wildman–Crippen MR) is 72.5 cm³/mol. The molecule has 1 N–H and O–H groups in total. The largest absolute Gasteiger partial charge is 0.385 e. The fraction of sp³-hybridized carbons (Fsp3) is 0.846. The van der Waals surface area contributed by atoms with Crippen molar-refractivity contribution < 1.29 is 9.47 Å². The molecule has 0 aliphatic carbocycles. The molecule has 0 fully saturated rings. The average molecular weight is 244 g/mol. The second-order valence-corrected chi connectivity index (χ2v) is 4.15. The molecule has 0 aromatic carbocycles. The number of methoxy groups -OCH3 is 2. The number of hydrogen-bond acceptors (Lipinski definition) is 4. The van der Waals surface area contributed by atoms with Crippen LogP contribution in [0.25, 0.3) is 0 Å². The molecule has 0 amide bonds. The second kappa shape index (κ2) is 12.0. The maximum atomic E-state index is 5.12. The Labute approximate surface area is 106 Å². The van der Waals surface area contributed by atoms with Crippen LogP contribution in [0.3, 0.4) is 0 Å². The first-order valence-electron chi connectivity index (χ1n) is 6.32. The van der Waals surface area contributed by atoms with Gasteiger partial charge in [-0.3, -0.25) is 4.90 Å². The monoisotopic (exact) mass is 244 g/mol. The van der Waals surface area contributed by atoms with E-state index >= 15 is 0 Å². The zero-order valence-corrected chi connectivity index (χ0v) is 11.6. The summed E-state index contributed by atoms with van der Waals surface area (Å²) in [7, 11) is 3.48. The van der Waals surface area contributed by atoms with Crippen LogP contribution in [0.15, 0.2) is 12.2 Å². The van der Waals surface area contributed by atoms with Gasteiger partial charge < -0.3 is 14.8 Å². The molecule has 4 nitrogen and oxygen atoms in total. The molecule has 0 aliphatic rings. The van der Waals surface area contributed by atoms with Crippen LogP contribution in [-0.4, -0.2) is 65.1 Å². The standard InChI is InChI=1S/C13H28N2O2/c1-5-14-11-13(2)12-15(8-10-17-4)7-6-9-16-3/h14H,2,5-12H2,1,3-4H3. The Morgan fingerprint density at radius 2 is 1.88 bits per heavy atom. The lowest BCUT2D eigenvalue weighted by Gasteiger charge is -2.23. The van der Waals surface area contributed by atoms with E-state index in [9.17, 15) is 0 Å². The Hall–Kier alpha value is -0.420. The van der Waals surface area contributed by atoms with E-state index in [-0.39, 0.29) is 0 Å². The fourth-order valence-corrected chi connectivity index (χ4v) is 1.60. The van der Waals surface area contributed by atoms with Crippen molar-refractivity contribution in [3.8, 4) is 0 Å². The van der Waals surface area contributed by atoms with E-state index in [2.05, 4.69) is 23.7 Å². The maximum Gasteiger partial charge on any atom is 0.0589 e. The number of ether oxygens (including phenoxy) is 2. The molecule has 0 heterocycles. The van der Waals surface area contributed by atoms with Gasteiger partial charge in [0.05, 0.1) is 6.61 Å². The van der Waals surface area contributed by atoms with Gasteiger partial charge in [0.2, 0.25) is 0 Å². The lowest BCUT2D eigenvalue weighted by molar-refractivity contribution is 0.137. The number of likely N-dealkylation sites (N-methyl/N-ethyl adjacent to an activating group) is 1. The minimum atomic E-state index is 0.765. The lowest BCUT2D eigenvalue weighted by atomic mass is 10.2. The SMILES string of the molecule is C=C(CNCC)CN(CCCOC)CCOC. The maximum absolute atomic E-state index is 5.12. The van der Waals surface area contributed by atoms with E-state index in [0.29, 0.717) is 0 Å². The molecule has 0 rings (SSSR count). The summed E-state index contributed by atoms with van der Waals surface area (Å²) in [4.78, 5) is 2.36. The minimum absolute atomic E-state index is 0.765. The van der Waals surface area contributed by atoms with Crippen LogP contribution in [0.2, 0.25) is 0 Å². The predicted octanol–water partition coefficient (Wildman–Crippen LogP) is 1.14. The Morgan fingerprint density at radius 3 is 2.47 bits per heavy atom. The third-order valence-electron chi connectivity index (χ3n) is 2.51. The molecule has 0 radical (unpaired) electrons. The summed E-state index contributed by atoms with van der Waals surface area (Å²) in [6.07, 6.45) is 1.05. The molecule has 0 bridgehead atoms. The van der Waals surface area contributed by atoms with E-state index in [1.807, 2.05) is 0 Å². The summed E-state index contributed by atoms with van der Waals surface area (Å²) in [5.74, 6) is 0. The minimum Gasteiger partial charge on any atom is -0.385 e. The van der Waals surface area contributed by atoms with E-state index in [0.717, 1.165) is 52.4 Å². The molecule has 0 saturated heterocycles. The Bertz CT molecular complexity index is 186. The van der Waals surface area contributed by atoms with Crippen LogP contribution < -0.4 is 5.32 Å². The summed E-state index contributed by atoms with van der Waals surface area (Å²) >= 11 is 0. The zero-order chi connectivity index (χ0) is 12.9. The average Bonchev–Trinajstić information content (AvgIpc) is 2.33. The number of hydrogen-bond donors (Lipinski definition) is 1. The lowest BCUT2D eigenvalue weighted by Crippen LogP contribution is -2.33. The van der Waals surface area contributed by atoms with Crippen LogP contribution in [0.1, 0.15) is 13.3 Å². The summed E-state index contributed by atoms with van der Waals surface area (Å²) < 4.78 is 10.2. The van der Waals surface area contributed by atoms with Gasteiger partial charge in [-0.25, -0.2) is 0 Å². The molecule has 0 spiro atoms. The fourth-order valence-electron chi connectivity index (χ4n) is 1.60. The first kappa shape index (κ1) is 16.6. The second-order valence-electron chi connectivity index (χ2n) is 4.15. The smallest absolute Gasteiger partial charge is 0.0589 e. The van der Waals surface area contributed by atoms with Gasteiger partial charge >= 0.3 is 0 Å². The molecule has 0 saturated carbocycles. The molecule has 17 heavy (non-hydrogen) atoms. The van der Waals surface area contributed by atoms with Gasteiger partial charge in [-0.2, -0.15) is 0 Å². The topological polar surface area (TPSA) is 33.7 Å². The third-order valence-corrected chi connectivity index (χ3v) is 2.51. The van der Waals surface area contributed by atoms with Crippen molar-refractivity contribution in [2.45, 2.75) is 13.3 Å². The van der Waals surface area contributed by atoms with Gasteiger partial charge in [0.25, 0.3) is 0 Å². The Kier molecular flexibility index (Phi) is 11.8. The molecule has 0 atom stereocenters. The van der Waals surface area contributed by atoms with Gasteiger partial charge in [0, 0.05) is 47.0 Å². The van der Waals surface area contributed by atoms with Crippen molar-refractivity contribution in [2.24, 2.45) is 0 Å². The third kappa shape index (κ3) is 10.5. The van der Waals surface area contributed by atoms with Crippen molar-refractivity contribution in [3.05, 3.63) is 12.2 Å². The van der Waals surface area contributed by atoms with Gasteiger partial charge in [-0.1, -0.05) is 13.5 Å². The van der Waals surface area contributed by atoms with Crippen LogP contribution in [0.4, 0.5) is 0 Å². The van der Waals surface area contributed by atoms with Gasteiger partial charge in [0.1, 0.15) is 0 Å². The quantitative estimate of drug-likeness (QED) is 0.412. The van der Waals surface area contributed by atoms with Crippen LogP contribution in [-0.2, 0) is 9.47 Å². The first-order valence-corrected chi connectivity index (χ1v) is 6.32. The summed E-state index contributed by atoms with van der Waals surface area (Å²) in [5.41, 5.74) is 1.22. The Morgan fingerprint density at radius 1 is 1.18 bits per heavy atom. The first-order chi connectivity index (χ1) is 8.24. The number of rotatable bonds is 12. The van der Waals surface area contributed by atoms with Crippen molar-refractivity contribution >= 4 is 0 Å². The highest BCUT2D eigenvalue weighted by molar-refractivity contribution is 4.99. The highest BCUT2D eigenvalue weighted by Crippen LogP contribution is 1.98. The summed E-state index contributed by atoms with van der Waals surface area (Å²) in [6.45, 7) is 12.6.